The number of rotatable bonds is 5. The fourth-order valence-electron chi connectivity index (χ4n) is 4.68. The molecule has 3 heterocycles. The molecule has 34 heavy (non-hydrogen) atoms. The van der Waals surface area contributed by atoms with Crippen LogP contribution in [0.1, 0.15) is 34.6 Å². The minimum absolute atomic E-state index is 0.0175. The van der Waals surface area contributed by atoms with E-state index in [2.05, 4.69) is 6.07 Å². The van der Waals surface area contributed by atoms with E-state index in [9.17, 15) is 15.2 Å². The third-order valence-electron chi connectivity index (χ3n) is 6.49. The van der Waals surface area contributed by atoms with E-state index in [-0.39, 0.29) is 19.1 Å². The normalized spacial score (nSPS) is 16.7. The fourth-order valence-corrected chi connectivity index (χ4v) is 4.68. The number of aliphatic hydroxyl groups is 2. The van der Waals surface area contributed by atoms with Gasteiger partial charge in [-0.1, -0.05) is 12.1 Å². The van der Waals surface area contributed by atoms with E-state index in [0.29, 0.717) is 42.9 Å². The first-order valence-electron chi connectivity index (χ1n) is 11.3. The quantitative estimate of drug-likeness (QED) is 0.607. The second-order valence-corrected chi connectivity index (χ2v) is 8.58. The molecule has 1 amide bonds. The molecule has 1 fully saturated rings. The maximum atomic E-state index is 13.1. The standard InChI is InChI=1S/C26H25N3O5/c27-15-19-7-10-24-26(34-23-4-2-1-3-22(23)29(19)24)11-13-28(14-12-26)25(32)18-5-8-21(9-6-18)33-17-20(31)16-30/h1-10,20,30-31H,11-14,16-17H2/t20-/m0/s1. The van der Waals surface area contributed by atoms with Gasteiger partial charge < -0.3 is 24.6 Å². The van der Waals surface area contributed by atoms with Crippen LogP contribution in [0.3, 0.4) is 0 Å². The van der Waals surface area contributed by atoms with Crippen molar-refractivity contribution in [2.24, 2.45) is 0 Å². The summed E-state index contributed by atoms with van der Waals surface area (Å²) in [6.07, 6.45) is 0.283. The van der Waals surface area contributed by atoms with E-state index >= 15 is 0 Å². The number of hydrogen-bond acceptors (Lipinski definition) is 6. The Morgan fingerprint density at radius 1 is 1.12 bits per heavy atom. The van der Waals surface area contributed by atoms with Crippen LogP contribution < -0.4 is 9.47 Å². The molecule has 2 N–H and O–H groups in total. The third-order valence-corrected chi connectivity index (χ3v) is 6.49. The Bertz CT molecular complexity index is 1240. The van der Waals surface area contributed by atoms with E-state index in [1.807, 2.05) is 45.9 Å². The summed E-state index contributed by atoms with van der Waals surface area (Å²) < 4.78 is 13.9. The Kier molecular flexibility index (Phi) is 5.74. The van der Waals surface area contributed by atoms with E-state index < -0.39 is 11.7 Å². The highest BCUT2D eigenvalue weighted by atomic mass is 16.5. The summed E-state index contributed by atoms with van der Waals surface area (Å²) in [5.41, 5.74) is 2.33. The van der Waals surface area contributed by atoms with Gasteiger partial charge in [-0.2, -0.15) is 5.26 Å². The summed E-state index contributed by atoms with van der Waals surface area (Å²) >= 11 is 0. The van der Waals surface area contributed by atoms with Crippen molar-refractivity contribution in [2.75, 3.05) is 26.3 Å². The number of hydrogen-bond donors (Lipinski definition) is 2. The Morgan fingerprint density at radius 2 is 1.85 bits per heavy atom. The molecule has 2 aromatic carbocycles. The van der Waals surface area contributed by atoms with Crippen LogP contribution in [-0.4, -0.2) is 58.0 Å². The molecule has 3 aromatic rings. The average Bonchev–Trinajstić information content (AvgIpc) is 3.33. The van der Waals surface area contributed by atoms with Crippen LogP contribution in [0.2, 0.25) is 0 Å². The van der Waals surface area contributed by atoms with Crippen LogP contribution in [-0.2, 0) is 5.60 Å². The molecule has 1 atom stereocenters. The van der Waals surface area contributed by atoms with Crippen molar-refractivity contribution < 1.29 is 24.5 Å². The molecule has 5 rings (SSSR count). The molecule has 8 heteroatoms. The highest BCUT2D eigenvalue weighted by Crippen LogP contribution is 2.45. The predicted octanol–water partition coefficient (Wildman–Crippen LogP) is 2.60. The van der Waals surface area contributed by atoms with E-state index in [1.54, 1.807) is 24.3 Å². The summed E-state index contributed by atoms with van der Waals surface area (Å²) in [6, 6.07) is 20.5. The first kappa shape index (κ1) is 22.0. The lowest BCUT2D eigenvalue weighted by atomic mass is 9.86. The van der Waals surface area contributed by atoms with Crippen LogP contribution in [0.15, 0.2) is 60.7 Å². The second kappa shape index (κ2) is 8.86. The molecule has 2 aliphatic heterocycles. The van der Waals surface area contributed by atoms with Crippen LogP contribution in [0.4, 0.5) is 0 Å². The lowest BCUT2D eigenvalue weighted by Gasteiger charge is -2.45. The SMILES string of the molecule is N#Cc1ccc2n1-c1ccccc1OC21CCN(C(=O)c2ccc(OC[C@@H](O)CO)cc2)CC1. The lowest BCUT2D eigenvalue weighted by Crippen LogP contribution is -2.50. The molecule has 0 bridgehead atoms. The van der Waals surface area contributed by atoms with Gasteiger partial charge in [-0.25, -0.2) is 0 Å². The molecular weight excluding hydrogens is 434 g/mol. The number of aliphatic hydroxyl groups excluding tert-OH is 2. The third kappa shape index (κ3) is 3.79. The van der Waals surface area contributed by atoms with Crippen molar-refractivity contribution in [2.45, 2.75) is 24.5 Å². The average molecular weight is 460 g/mol. The minimum atomic E-state index is -0.943. The predicted molar refractivity (Wildman–Crippen MR) is 123 cm³/mol. The Morgan fingerprint density at radius 3 is 2.56 bits per heavy atom. The van der Waals surface area contributed by atoms with Crippen molar-refractivity contribution in [3.05, 3.63) is 77.6 Å². The highest BCUT2D eigenvalue weighted by Gasteiger charge is 2.45. The molecule has 1 spiro atoms. The van der Waals surface area contributed by atoms with Crippen molar-refractivity contribution in [3.8, 4) is 23.3 Å². The fraction of sp³-hybridized carbons (Fsp3) is 0.308. The smallest absolute Gasteiger partial charge is 0.253 e. The van der Waals surface area contributed by atoms with E-state index in [4.69, 9.17) is 14.6 Å². The molecule has 0 unspecified atom stereocenters. The van der Waals surface area contributed by atoms with Crippen molar-refractivity contribution in [3.63, 3.8) is 0 Å². The van der Waals surface area contributed by atoms with Crippen molar-refractivity contribution in [1.29, 1.82) is 5.26 Å². The number of nitrogens with zero attached hydrogens (tertiary/aromatic N) is 3. The number of ether oxygens (including phenoxy) is 2. The Hall–Kier alpha value is -3.80. The van der Waals surface area contributed by atoms with Gasteiger partial charge in [0.1, 0.15) is 36.0 Å². The molecule has 174 valence electrons. The number of piperidine rings is 1. The summed E-state index contributed by atoms with van der Waals surface area (Å²) in [5.74, 6) is 1.19. The van der Waals surface area contributed by atoms with Crippen molar-refractivity contribution in [1.82, 2.24) is 9.47 Å². The number of nitriles is 1. The zero-order valence-electron chi connectivity index (χ0n) is 18.6. The number of para-hydroxylation sites is 2. The van der Waals surface area contributed by atoms with Crippen LogP contribution in [0.5, 0.6) is 11.5 Å². The van der Waals surface area contributed by atoms with Gasteiger partial charge in [0.05, 0.1) is 18.0 Å². The van der Waals surface area contributed by atoms with Gasteiger partial charge in [0.25, 0.3) is 5.91 Å². The molecule has 8 nitrogen and oxygen atoms in total. The Balaban J connectivity index is 1.31. The van der Waals surface area contributed by atoms with Crippen LogP contribution in [0, 0.1) is 11.3 Å². The minimum Gasteiger partial charge on any atom is -0.491 e. The summed E-state index contributed by atoms with van der Waals surface area (Å²) in [5, 5.41) is 27.9. The number of benzene rings is 2. The number of carbonyl (C=O) groups is 1. The maximum Gasteiger partial charge on any atom is 0.253 e. The van der Waals surface area contributed by atoms with Gasteiger partial charge in [-0.3, -0.25) is 9.36 Å². The van der Waals surface area contributed by atoms with Gasteiger partial charge in [-0.05, 0) is 48.5 Å². The summed E-state index contributed by atoms with van der Waals surface area (Å²) in [6.45, 7) is 0.658. The number of amides is 1. The van der Waals surface area contributed by atoms with Gasteiger partial charge in [-0.15, -0.1) is 0 Å². The van der Waals surface area contributed by atoms with Crippen LogP contribution >= 0.6 is 0 Å². The van der Waals surface area contributed by atoms with Gasteiger partial charge >= 0.3 is 0 Å². The molecule has 0 aliphatic carbocycles. The van der Waals surface area contributed by atoms with Gasteiger partial charge in [0.15, 0.2) is 5.60 Å². The molecular formula is C26H25N3O5. The lowest BCUT2D eigenvalue weighted by molar-refractivity contribution is -0.00937. The van der Waals surface area contributed by atoms with Crippen LogP contribution in [0.25, 0.3) is 5.69 Å². The maximum absolute atomic E-state index is 13.1. The number of aromatic nitrogens is 1. The first-order chi connectivity index (χ1) is 16.5. The number of fused-ring (bicyclic) bond motifs is 4. The number of carbonyl (C=O) groups excluding carboxylic acids is 1. The van der Waals surface area contributed by atoms with E-state index in [0.717, 1.165) is 17.1 Å². The highest BCUT2D eigenvalue weighted by molar-refractivity contribution is 5.94. The summed E-state index contributed by atoms with van der Waals surface area (Å²) in [4.78, 5) is 14.9. The van der Waals surface area contributed by atoms with E-state index in [1.165, 1.54) is 0 Å². The molecule has 0 radical (unpaired) electrons. The molecule has 1 aromatic heterocycles. The molecule has 1 saturated heterocycles. The van der Waals surface area contributed by atoms with Gasteiger partial charge in [0.2, 0.25) is 0 Å². The van der Waals surface area contributed by atoms with Gasteiger partial charge in [0, 0.05) is 31.5 Å². The van der Waals surface area contributed by atoms with Crippen molar-refractivity contribution >= 4 is 5.91 Å². The zero-order chi connectivity index (χ0) is 23.7. The first-order valence-corrected chi connectivity index (χ1v) is 11.3. The summed E-state index contributed by atoms with van der Waals surface area (Å²) in [7, 11) is 0. The molecule has 2 aliphatic rings. The second-order valence-electron chi connectivity index (χ2n) is 8.58. The number of likely N-dealkylation sites (tertiary alicyclic amines) is 1. The monoisotopic (exact) mass is 459 g/mol. The molecule has 0 saturated carbocycles. The Labute approximate surface area is 197 Å². The topological polar surface area (TPSA) is 108 Å². The largest absolute Gasteiger partial charge is 0.491 e. The zero-order valence-corrected chi connectivity index (χ0v) is 18.6.